The minimum Gasteiger partial charge on any atom is -0.318 e. The largest absolute Gasteiger partial charge is 0.318 e. The lowest BCUT2D eigenvalue weighted by atomic mass is 10.3. The second-order valence-electron chi connectivity index (χ2n) is 6.45. The van der Waals surface area contributed by atoms with Crippen LogP contribution in [0.3, 0.4) is 0 Å². The molecule has 0 unspecified atom stereocenters. The Balaban J connectivity index is 1.64. The van der Waals surface area contributed by atoms with E-state index >= 15 is 0 Å². The minimum atomic E-state index is -0.491. The zero-order valence-corrected chi connectivity index (χ0v) is 18.0. The molecular weight excluding hydrogens is 454 g/mol. The quantitative estimate of drug-likeness (QED) is 0.459. The summed E-state index contributed by atoms with van der Waals surface area (Å²) < 4.78 is 5.12. The summed E-state index contributed by atoms with van der Waals surface area (Å²) in [6.07, 6.45) is 6.30. The minimum absolute atomic E-state index is 0.146. The lowest BCUT2D eigenvalue weighted by Gasteiger charge is -2.09. The standard InChI is InChI=1S/C18H18BrN9O2/c1-4-27-15(18(30)23-11-8-21-26(3)10(11)2)12(9-22-27)24-17(29)14-13(19)16-20-6-5-7-28(16)25-14/h5-9H,4H2,1-3H3,(H,23,30)(H,24,29). The summed E-state index contributed by atoms with van der Waals surface area (Å²) in [6, 6.07) is 1.71. The maximum atomic E-state index is 13.0. The molecule has 30 heavy (non-hydrogen) atoms. The molecule has 0 radical (unpaired) electrons. The second-order valence-corrected chi connectivity index (χ2v) is 7.24. The number of halogens is 1. The molecule has 0 bridgehead atoms. The lowest BCUT2D eigenvalue weighted by Crippen LogP contribution is -2.21. The molecular formula is C18H18BrN9O2. The molecule has 0 aliphatic rings. The Labute approximate surface area is 179 Å². The number of aromatic nitrogens is 7. The van der Waals surface area contributed by atoms with Crippen molar-refractivity contribution in [1.29, 1.82) is 0 Å². The molecule has 0 aliphatic carbocycles. The molecule has 4 rings (SSSR count). The Morgan fingerprint density at radius 1 is 1.13 bits per heavy atom. The van der Waals surface area contributed by atoms with Crippen molar-refractivity contribution >= 4 is 44.8 Å². The first-order valence-corrected chi connectivity index (χ1v) is 9.86. The molecule has 2 N–H and O–H groups in total. The van der Waals surface area contributed by atoms with Crippen molar-refractivity contribution in [1.82, 2.24) is 34.2 Å². The molecule has 0 aromatic carbocycles. The number of nitrogens with one attached hydrogen (secondary N) is 2. The number of anilines is 2. The van der Waals surface area contributed by atoms with Crippen LogP contribution in [0.5, 0.6) is 0 Å². The van der Waals surface area contributed by atoms with Gasteiger partial charge in [-0.3, -0.25) is 19.0 Å². The van der Waals surface area contributed by atoms with Crippen LogP contribution < -0.4 is 10.6 Å². The number of carbonyl (C=O) groups excluding carboxylic acids is 2. The zero-order valence-electron chi connectivity index (χ0n) is 16.4. The number of rotatable bonds is 5. The molecule has 0 spiro atoms. The van der Waals surface area contributed by atoms with Gasteiger partial charge in [0.05, 0.1) is 33.9 Å². The highest BCUT2D eigenvalue weighted by Gasteiger charge is 2.24. The molecule has 2 amide bonds. The number of hydrogen-bond acceptors (Lipinski definition) is 6. The summed E-state index contributed by atoms with van der Waals surface area (Å²) in [5.41, 5.74) is 2.55. The van der Waals surface area contributed by atoms with Gasteiger partial charge in [-0.05, 0) is 35.8 Å². The predicted octanol–water partition coefficient (Wildman–Crippen LogP) is 2.25. The Hall–Kier alpha value is -3.54. The van der Waals surface area contributed by atoms with Gasteiger partial charge in [0.1, 0.15) is 5.69 Å². The molecule has 154 valence electrons. The number of aryl methyl sites for hydroxylation is 2. The highest BCUT2D eigenvalue weighted by atomic mass is 79.9. The SMILES string of the molecule is CCn1ncc(NC(=O)c2nn3cccnc3c2Br)c1C(=O)Nc1cnn(C)c1C. The van der Waals surface area contributed by atoms with Crippen molar-refractivity contribution in [3.05, 3.63) is 52.4 Å². The van der Waals surface area contributed by atoms with Crippen LogP contribution >= 0.6 is 15.9 Å². The molecule has 11 nitrogen and oxygen atoms in total. The van der Waals surface area contributed by atoms with Gasteiger partial charge in [0, 0.05) is 26.0 Å². The van der Waals surface area contributed by atoms with E-state index in [0.29, 0.717) is 22.4 Å². The summed E-state index contributed by atoms with van der Waals surface area (Å²) in [5.74, 6) is -0.897. The summed E-state index contributed by atoms with van der Waals surface area (Å²) in [5, 5.41) is 18.1. The Morgan fingerprint density at radius 3 is 2.53 bits per heavy atom. The number of carbonyl (C=O) groups is 2. The van der Waals surface area contributed by atoms with E-state index in [2.05, 4.69) is 46.8 Å². The van der Waals surface area contributed by atoms with E-state index in [9.17, 15) is 9.59 Å². The highest BCUT2D eigenvalue weighted by Crippen LogP contribution is 2.24. The third kappa shape index (κ3) is 3.34. The fourth-order valence-corrected chi connectivity index (χ4v) is 3.49. The van der Waals surface area contributed by atoms with Crippen LogP contribution in [-0.2, 0) is 13.6 Å². The van der Waals surface area contributed by atoms with E-state index in [1.165, 1.54) is 15.4 Å². The van der Waals surface area contributed by atoms with Gasteiger partial charge in [-0.25, -0.2) is 9.50 Å². The normalized spacial score (nSPS) is 11.1. The predicted molar refractivity (Wildman–Crippen MR) is 112 cm³/mol. The van der Waals surface area contributed by atoms with Gasteiger partial charge in [-0.15, -0.1) is 0 Å². The summed E-state index contributed by atoms with van der Waals surface area (Å²) >= 11 is 3.37. The van der Waals surface area contributed by atoms with Gasteiger partial charge in [-0.1, -0.05) is 0 Å². The molecule has 4 aromatic rings. The van der Waals surface area contributed by atoms with Gasteiger partial charge in [0.25, 0.3) is 11.8 Å². The fraction of sp³-hybridized carbons (Fsp3) is 0.222. The van der Waals surface area contributed by atoms with Crippen molar-refractivity contribution in [3.63, 3.8) is 0 Å². The van der Waals surface area contributed by atoms with E-state index in [1.54, 1.807) is 36.4 Å². The zero-order chi connectivity index (χ0) is 21.4. The molecule has 0 aliphatic heterocycles. The molecule has 4 aromatic heterocycles. The summed E-state index contributed by atoms with van der Waals surface area (Å²) in [7, 11) is 1.79. The van der Waals surface area contributed by atoms with Gasteiger partial charge in [-0.2, -0.15) is 15.3 Å². The van der Waals surface area contributed by atoms with Gasteiger partial charge in [0.15, 0.2) is 11.3 Å². The van der Waals surface area contributed by atoms with E-state index in [4.69, 9.17) is 0 Å². The van der Waals surface area contributed by atoms with Crippen LogP contribution in [0.4, 0.5) is 11.4 Å². The fourth-order valence-electron chi connectivity index (χ4n) is 2.94. The maximum Gasteiger partial charge on any atom is 0.277 e. The topological polar surface area (TPSA) is 124 Å². The molecule has 0 fully saturated rings. The Kier molecular flexibility index (Phi) is 5.08. The monoisotopic (exact) mass is 471 g/mol. The van der Waals surface area contributed by atoms with Crippen LogP contribution in [0.25, 0.3) is 5.65 Å². The summed E-state index contributed by atoms with van der Waals surface area (Å²) in [4.78, 5) is 30.0. The average molecular weight is 472 g/mol. The smallest absolute Gasteiger partial charge is 0.277 e. The van der Waals surface area contributed by atoms with Crippen molar-refractivity contribution in [2.45, 2.75) is 20.4 Å². The van der Waals surface area contributed by atoms with E-state index in [0.717, 1.165) is 5.69 Å². The lowest BCUT2D eigenvalue weighted by molar-refractivity contribution is 0.101. The van der Waals surface area contributed by atoms with E-state index < -0.39 is 11.8 Å². The van der Waals surface area contributed by atoms with Crippen molar-refractivity contribution < 1.29 is 9.59 Å². The van der Waals surface area contributed by atoms with Crippen molar-refractivity contribution in [2.24, 2.45) is 7.05 Å². The van der Waals surface area contributed by atoms with Gasteiger partial charge in [0.2, 0.25) is 0 Å². The molecule has 0 saturated carbocycles. The number of nitrogens with zero attached hydrogens (tertiary/aromatic N) is 7. The van der Waals surface area contributed by atoms with E-state index in [-0.39, 0.29) is 17.1 Å². The number of fused-ring (bicyclic) bond motifs is 1. The number of hydrogen-bond donors (Lipinski definition) is 2. The molecule has 4 heterocycles. The number of amides is 2. The molecule has 12 heteroatoms. The van der Waals surface area contributed by atoms with Crippen LogP contribution in [0, 0.1) is 6.92 Å². The van der Waals surface area contributed by atoms with Gasteiger partial charge >= 0.3 is 0 Å². The molecule has 0 saturated heterocycles. The van der Waals surface area contributed by atoms with Crippen molar-refractivity contribution in [2.75, 3.05) is 10.6 Å². The van der Waals surface area contributed by atoms with Crippen molar-refractivity contribution in [3.8, 4) is 0 Å². The van der Waals surface area contributed by atoms with Crippen LogP contribution in [0.15, 0.2) is 35.3 Å². The first-order valence-electron chi connectivity index (χ1n) is 9.06. The maximum absolute atomic E-state index is 13.0. The van der Waals surface area contributed by atoms with Crippen LogP contribution in [-0.4, -0.2) is 46.0 Å². The Morgan fingerprint density at radius 2 is 1.87 bits per heavy atom. The third-order valence-corrected chi connectivity index (χ3v) is 5.37. The second kappa shape index (κ2) is 7.71. The van der Waals surface area contributed by atoms with Crippen LogP contribution in [0.1, 0.15) is 33.6 Å². The average Bonchev–Trinajstić information content (AvgIpc) is 3.40. The summed E-state index contributed by atoms with van der Waals surface area (Å²) in [6.45, 7) is 4.15. The highest BCUT2D eigenvalue weighted by molar-refractivity contribution is 9.10. The van der Waals surface area contributed by atoms with E-state index in [1.807, 2.05) is 13.8 Å². The first kappa shape index (κ1) is 19.8. The van der Waals surface area contributed by atoms with Crippen LogP contribution in [0.2, 0.25) is 0 Å². The third-order valence-electron chi connectivity index (χ3n) is 4.64. The molecule has 0 atom stereocenters. The Bertz CT molecular complexity index is 1270. The first-order chi connectivity index (χ1) is 14.4. The van der Waals surface area contributed by atoms with Gasteiger partial charge < -0.3 is 10.6 Å².